The molecule has 3 aromatic rings. The predicted octanol–water partition coefficient (Wildman–Crippen LogP) is 1.91. The first kappa shape index (κ1) is 13.7. The van der Waals surface area contributed by atoms with E-state index in [9.17, 15) is 5.11 Å². The van der Waals surface area contributed by atoms with Crippen LogP contribution >= 0.6 is 0 Å². The first-order valence-electron chi connectivity index (χ1n) is 6.66. The van der Waals surface area contributed by atoms with E-state index in [4.69, 9.17) is 5.41 Å². The van der Waals surface area contributed by atoms with Gasteiger partial charge in [0.25, 0.3) is 0 Å². The maximum absolute atomic E-state index is 9.26. The minimum absolute atomic E-state index is 0.238. The Morgan fingerprint density at radius 1 is 1.18 bits per heavy atom. The van der Waals surface area contributed by atoms with Gasteiger partial charge in [-0.05, 0) is 35.9 Å². The third-order valence-electron chi connectivity index (χ3n) is 3.05. The minimum Gasteiger partial charge on any atom is -0.508 e. The van der Waals surface area contributed by atoms with Crippen molar-refractivity contribution in [3.05, 3.63) is 65.5 Å². The van der Waals surface area contributed by atoms with E-state index in [1.807, 2.05) is 12.1 Å². The van der Waals surface area contributed by atoms with E-state index in [-0.39, 0.29) is 5.75 Å². The van der Waals surface area contributed by atoms with Crippen molar-refractivity contribution in [3.8, 4) is 5.75 Å². The van der Waals surface area contributed by atoms with Crippen LogP contribution in [0.5, 0.6) is 5.75 Å². The van der Waals surface area contributed by atoms with Crippen LogP contribution in [0.3, 0.4) is 0 Å². The zero-order chi connectivity index (χ0) is 15.4. The lowest BCUT2D eigenvalue weighted by atomic mass is 10.1. The van der Waals surface area contributed by atoms with Crippen molar-refractivity contribution in [3.63, 3.8) is 0 Å². The number of hydrogen-bond donors (Lipinski definition) is 4. The molecule has 4 N–H and O–H groups in total. The number of H-pyrrole nitrogens is 2. The molecule has 0 saturated heterocycles. The van der Waals surface area contributed by atoms with E-state index in [0.29, 0.717) is 23.7 Å². The molecule has 7 nitrogen and oxygen atoms in total. The molecule has 7 heteroatoms. The second-order valence-corrected chi connectivity index (χ2v) is 4.70. The fourth-order valence-corrected chi connectivity index (χ4v) is 1.92. The number of aromatic hydroxyl groups is 1. The van der Waals surface area contributed by atoms with Crippen LogP contribution in [-0.2, 0) is 6.42 Å². The molecule has 0 aliphatic carbocycles. The molecule has 0 bridgehead atoms. The average molecular weight is 294 g/mol. The third kappa shape index (κ3) is 3.26. The Morgan fingerprint density at radius 2 is 2.00 bits per heavy atom. The lowest BCUT2D eigenvalue weighted by Crippen LogP contribution is -1.94. The molecule has 0 aliphatic rings. The molecule has 0 fully saturated rings. The van der Waals surface area contributed by atoms with Gasteiger partial charge >= 0.3 is 0 Å². The largest absolute Gasteiger partial charge is 0.508 e. The van der Waals surface area contributed by atoms with E-state index in [1.54, 1.807) is 36.5 Å². The number of hydrogen-bond acceptors (Lipinski definition) is 5. The first-order chi connectivity index (χ1) is 10.7. The van der Waals surface area contributed by atoms with Gasteiger partial charge in [-0.15, -0.1) is 0 Å². The minimum atomic E-state index is 0.238. The number of allylic oxidation sites excluding steroid dienone is 1. The molecule has 110 valence electrons. The normalized spacial score (nSPS) is 11.1. The van der Waals surface area contributed by atoms with Crippen molar-refractivity contribution in [2.75, 3.05) is 0 Å². The molecular weight excluding hydrogens is 280 g/mol. The van der Waals surface area contributed by atoms with Crippen molar-refractivity contribution < 1.29 is 5.11 Å². The molecule has 3 rings (SSSR count). The molecule has 0 atom stereocenters. The van der Waals surface area contributed by atoms with Crippen molar-refractivity contribution in [2.24, 2.45) is 0 Å². The van der Waals surface area contributed by atoms with E-state index in [0.717, 1.165) is 11.4 Å². The molecule has 0 aliphatic heterocycles. The highest BCUT2D eigenvalue weighted by atomic mass is 16.3. The summed E-state index contributed by atoms with van der Waals surface area (Å²) in [5, 5.41) is 30.6. The van der Waals surface area contributed by atoms with Crippen LogP contribution in [0.15, 0.2) is 42.6 Å². The summed E-state index contributed by atoms with van der Waals surface area (Å²) in [6.45, 7) is 0. The summed E-state index contributed by atoms with van der Waals surface area (Å²) < 4.78 is 0. The van der Waals surface area contributed by atoms with Crippen LogP contribution in [0.1, 0.15) is 22.9 Å². The van der Waals surface area contributed by atoms with Gasteiger partial charge in [0.15, 0.2) is 5.82 Å². The molecular formula is C15H14N6O. The standard InChI is InChI=1S/C15H14N6O/c16-12(13-7-8-17-19-13)5-6-14-18-15(21-20-14)9-10-1-3-11(22)4-2-10/h1-8,16,22H,9H2,(H,17,19)(H,18,20,21)/b6-5-,16-12?. The number of phenolic OH excluding ortho intramolecular Hbond substituents is 1. The average Bonchev–Trinajstić information content (AvgIpc) is 3.19. The van der Waals surface area contributed by atoms with Crippen molar-refractivity contribution in [1.29, 1.82) is 5.41 Å². The molecule has 1 aromatic carbocycles. The summed E-state index contributed by atoms with van der Waals surface area (Å²) in [6.07, 6.45) is 5.47. The maximum Gasteiger partial charge on any atom is 0.173 e. The summed E-state index contributed by atoms with van der Waals surface area (Å²) in [7, 11) is 0. The van der Waals surface area contributed by atoms with Gasteiger partial charge in [-0.25, -0.2) is 4.98 Å². The lowest BCUT2D eigenvalue weighted by Gasteiger charge is -1.97. The fraction of sp³-hybridized carbons (Fsp3) is 0.0667. The van der Waals surface area contributed by atoms with Gasteiger partial charge in [0.05, 0.1) is 11.4 Å². The lowest BCUT2D eigenvalue weighted by molar-refractivity contribution is 0.475. The van der Waals surface area contributed by atoms with Crippen LogP contribution < -0.4 is 0 Å². The highest BCUT2D eigenvalue weighted by Crippen LogP contribution is 2.12. The van der Waals surface area contributed by atoms with Crippen LogP contribution in [0.4, 0.5) is 0 Å². The van der Waals surface area contributed by atoms with E-state index >= 15 is 0 Å². The van der Waals surface area contributed by atoms with Gasteiger partial charge in [-0.3, -0.25) is 15.6 Å². The molecule has 0 radical (unpaired) electrons. The predicted molar refractivity (Wildman–Crippen MR) is 81.7 cm³/mol. The summed E-state index contributed by atoms with van der Waals surface area (Å²) in [5.41, 5.74) is 1.97. The molecule has 0 saturated carbocycles. The van der Waals surface area contributed by atoms with Gasteiger partial charge in [-0.2, -0.15) is 10.2 Å². The number of nitrogens with one attached hydrogen (secondary N) is 3. The van der Waals surface area contributed by atoms with Crippen LogP contribution in [0, 0.1) is 5.41 Å². The van der Waals surface area contributed by atoms with Crippen molar-refractivity contribution in [2.45, 2.75) is 6.42 Å². The summed E-state index contributed by atoms with van der Waals surface area (Å²) in [4.78, 5) is 4.34. The Hall–Kier alpha value is -3.22. The van der Waals surface area contributed by atoms with Gasteiger partial charge < -0.3 is 5.11 Å². The van der Waals surface area contributed by atoms with Crippen molar-refractivity contribution in [1.82, 2.24) is 25.4 Å². The Balaban J connectivity index is 1.66. The molecule has 22 heavy (non-hydrogen) atoms. The SMILES string of the molecule is N=C(/C=C\c1n[nH]c(Cc2ccc(O)cc2)n1)c1ccn[nH]1. The summed E-state index contributed by atoms with van der Waals surface area (Å²) >= 11 is 0. The maximum atomic E-state index is 9.26. The highest BCUT2D eigenvalue weighted by Gasteiger charge is 2.03. The zero-order valence-corrected chi connectivity index (χ0v) is 11.6. The van der Waals surface area contributed by atoms with Crippen LogP contribution in [0.25, 0.3) is 6.08 Å². The topological polar surface area (TPSA) is 114 Å². The quantitative estimate of drug-likeness (QED) is 0.538. The Bertz CT molecular complexity index is 786. The van der Waals surface area contributed by atoms with E-state index < -0.39 is 0 Å². The van der Waals surface area contributed by atoms with E-state index in [2.05, 4.69) is 25.4 Å². The number of rotatable bonds is 5. The number of aromatic nitrogens is 5. The monoisotopic (exact) mass is 294 g/mol. The number of benzene rings is 1. The van der Waals surface area contributed by atoms with E-state index in [1.165, 1.54) is 0 Å². The smallest absolute Gasteiger partial charge is 0.173 e. The number of nitrogens with zero attached hydrogens (tertiary/aromatic N) is 3. The Kier molecular flexibility index (Phi) is 3.78. The molecule has 2 heterocycles. The Morgan fingerprint density at radius 3 is 2.73 bits per heavy atom. The fourth-order valence-electron chi connectivity index (χ4n) is 1.92. The first-order valence-corrected chi connectivity index (χ1v) is 6.66. The van der Waals surface area contributed by atoms with Gasteiger partial charge in [0.2, 0.25) is 0 Å². The van der Waals surface area contributed by atoms with Crippen molar-refractivity contribution >= 4 is 11.8 Å². The van der Waals surface area contributed by atoms with Gasteiger partial charge in [0.1, 0.15) is 11.6 Å². The molecule has 0 spiro atoms. The zero-order valence-electron chi connectivity index (χ0n) is 11.6. The third-order valence-corrected chi connectivity index (χ3v) is 3.05. The summed E-state index contributed by atoms with van der Waals surface area (Å²) in [6, 6.07) is 8.67. The van der Waals surface area contributed by atoms with Gasteiger partial charge in [-0.1, -0.05) is 12.1 Å². The second kappa shape index (κ2) is 6.04. The second-order valence-electron chi connectivity index (χ2n) is 4.70. The van der Waals surface area contributed by atoms with Crippen LogP contribution in [-0.4, -0.2) is 36.2 Å². The van der Waals surface area contributed by atoms with Crippen LogP contribution in [0.2, 0.25) is 0 Å². The van der Waals surface area contributed by atoms with Gasteiger partial charge in [0, 0.05) is 12.6 Å². The molecule has 0 amide bonds. The Labute approximate surface area is 126 Å². The number of phenols is 1. The molecule has 2 aromatic heterocycles. The molecule has 0 unspecified atom stereocenters. The number of aromatic amines is 2. The highest BCUT2D eigenvalue weighted by molar-refractivity contribution is 6.07. The summed E-state index contributed by atoms with van der Waals surface area (Å²) in [5.74, 6) is 1.47.